The summed E-state index contributed by atoms with van der Waals surface area (Å²) in [4.78, 5) is 16.6. The molecule has 0 spiro atoms. The van der Waals surface area contributed by atoms with Gasteiger partial charge in [0.05, 0.1) is 0 Å². The number of hydrogen-bond acceptors (Lipinski definition) is 4. The summed E-state index contributed by atoms with van der Waals surface area (Å²) in [6.07, 6.45) is 4.89. The quantitative estimate of drug-likeness (QED) is 0.664. The topological polar surface area (TPSA) is 46.8 Å². The second kappa shape index (κ2) is 7.38. The molecule has 5 nitrogen and oxygen atoms in total. The molecule has 0 bridgehead atoms. The highest BCUT2D eigenvalue weighted by atomic mass is 15.1. The van der Waals surface area contributed by atoms with Gasteiger partial charge < -0.3 is 4.57 Å². The minimum absolute atomic E-state index is 0.00663. The normalized spacial score (nSPS) is 14.8. The molecule has 0 saturated carbocycles. The van der Waals surface area contributed by atoms with Gasteiger partial charge in [-0.15, -0.1) is 0 Å². The van der Waals surface area contributed by atoms with Crippen molar-refractivity contribution in [3.05, 3.63) is 70.2 Å². The molecule has 1 aliphatic rings. The number of rotatable bonds is 3. The summed E-state index contributed by atoms with van der Waals surface area (Å²) in [6.45, 7) is 15.9. The van der Waals surface area contributed by atoms with Crippen LogP contribution in [0.15, 0.2) is 30.6 Å². The molecule has 0 N–H and O–H groups in total. The van der Waals surface area contributed by atoms with Crippen LogP contribution in [0.2, 0.25) is 0 Å². The van der Waals surface area contributed by atoms with E-state index in [0.29, 0.717) is 0 Å². The van der Waals surface area contributed by atoms with Gasteiger partial charge >= 0.3 is 0 Å². The number of nitrogens with zero attached hydrogens (tertiary/aromatic N) is 5. The highest BCUT2D eigenvalue weighted by Crippen LogP contribution is 2.26. The zero-order valence-electron chi connectivity index (χ0n) is 18.5. The minimum atomic E-state index is -0.00663. The molecule has 4 heterocycles. The van der Waals surface area contributed by atoms with Crippen molar-refractivity contribution in [3.8, 4) is 5.82 Å². The maximum atomic E-state index is 4.86. The molecule has 0 saturated heterocycles. The molecule has 0 radical (unpaired) electrons. The average molecular weight is 390 g/mol. The highest BCUT2D eigenvalue weighted by Gasteiger charge is 2.24. The van der Waals surface area contributed by atoms with E-state index in [9.17, 15) is 0 Å². The summed E-state index contributed by atoms with van der Waals surface area (Å²) in [7, 11) is 0. The molecular formula is C24H31N5. The van der Waals surface area contributed by atoms with E-state index >= 15 is 0 Å². The van der Waals surface area contributed by atoms with E-state index in [1.54, 1.807) is 0 Å². The standard InChI is InChI=1S/C24H31N5/c1-16-8-7-10-25-22(16)29-17(2)12-19(18(29)3)14-28-11-9-21-20(15-28)13-26-23(27-21)24(4,5)6/h7-8,10,12-13H,9,11,14-15H2,1-6H3. The first kappa shape index (κ1) is 19.8. The number of aromatic nitrogens is 4. The van der Waals surface area contributed by atoms with Gasteiger partial charge in [0.15, 0.2) is 0 Å². The molecule has 0 fully saturated rings. The average Bonchev–Trinajstić information content (AvgIpc) is 2.94. The van der Waals surface area contributed by atoms with Crippen molar-refractivity contribution in [2.24, 2.45) is 0 Å². The van der Waals surface area contributed by atoms with Crippen molar-refractivity contribution in [1.29, 1.82) is 0 Å². The van der Waals surface area contributed by atoms with Crippen LogP contribution < -0.4 is 0 Å². The molecule has 0 aromatic carbocycles. The fraction of sp³-hybridized carbons (Fsp3) is 0.458. The molecule has 5 heteroatoms. The molecule has 4 rings (SSSR count). The van der Waals surface area contributed by atoms with Gasteiger partial charge in [-0.25, -0.2) is 15.0 Å². The summed E-state index contributed by atoms with van der Waals surface area (Å²) < 4.78 is 2.28. The molecule has 0 aliphatic carbocycles. The Morgan fingerprint density at radius 1 is 1.10 bits per heavy atom. The van der Waals surface area contributed by atoms with E-state index in [1.807, 2.05) is 18.5 Å². The van der Waals surface area contributed by atoms with E-state index < -0.39 is 0 Å². The zero-order valence-corrected chi connectivity index (χ0v) is 18.5. The largest absolute Gasteiger partial charge is 0.303 e. The lowest BCUT2D eigenvalue weighted by molar-refractivity contribution is 0.241. The van der Waals surface area contributed by atoms with Gasteiger partial charge in [0.25, 0.3) is 0 Å². The van der Waals surface area contributed by atoms with Crippen molar-refractivity contribution in [2.75, 3.05) is 6.54 Å². The van der Waals surface area contributed by atoms with Crippen molar-refractivity contribution in [1.82, 2.24) is 24.4 Å². The smallest absolute Gasteiger partial charge is 0.139 e. The third-order valence-corrected chi connectivity index (χ3v) is 5.81. The van der Waals surface area contributed by atoms with Gasteiger partial charge in [-0.1, -0.05) is 26.8 Å². The Morgan fingerprint density at radius 2 is 1.90 bits per heavy atom. The van der Waals surface area contributed by atoms with Crippen LogP contribution in [0.5, 0.6) is 0 Å². The lowest BCUT2D eigenvalue weighted by Gasteiger charge is -2.29. The van der Waals surface area contributed by atoms with Gasteiger partial charge in [-0.05, 0) is 44.0 Å². The van der Waals surface area contributed by atoms with Gasteiger partial charge in [0.2, 0.25) is 0 Å². The van der Waals surface area contributed by atoms with Crippen LogP contribution >= 0.6 is 0 Å². The summed E-state index contributed by atoms with van der Waals surface area (Å²) in [5.74, 6) is 1.97. The molecule has 152 valence electrons. The van der Waals surface area contributed by atoms with Crippen molar-refractivity contribution < 1.29 is 0 Å². The van der Waals surface area contributed by atoms with E-state index in [1.165, 1.54) is 33.8 Å². The monoisotopic (exact) mass is 389 g/mol. The Bertz CT molecular complexity index is 1040. The molecule has 0 atom stereocenters. The van der Waals surface area contributed by atoms with Crippen LogP contribution in [0.4, 0.5) is 0 Å². The lowest BCUT2D eigenvalue weighted by atomic mass is 9.95. The molecule has 3 aromatic heterocycles. The van der Waals surface area contributed by atoms with Gasteiger partial charge in [0.1, 0.15) is 11.6 Å². The number of aryl methyl sites for hydroxylation is 2. The third-order valence-electron chi connectivity index (χ3n) is 5.81. The second-order valence-corrected chi connectivity index (χ2v) is 9.25. The Labute approximate surface area is 173 Å². The predicted molar refractivity (Wildman–Crippen MR) is 116 cm³/mol. The summed E-state index contributed by atoms with van der Waals surface area (Å²) in [5.41, 5.74) is 7.54. The highest BCUT2D eigenvalue weighted by molar-refractivity contribution is 5.41. The van der Waals surface area contributed by atoms with Crippen molar-refractivity contribution >= 4 is 0 Å². The first-order chi connectivity index (χ1) is 13.7. The fourth-order valence-corrected chi connectivity index (χ4v) is 4.14. The van der Waals surface area contributed by atoms with Gasteiger partial charge in [0, 0.05) is 66.5 Å². The predicted octanol–water partition coefficient (Wildman–Crippen LogP) is 4.44. The van der Waals surface area contributed by atoms with E-state index in [4.69, 9.17) is 4.98 Å². The first-order valence-corrected chi connectivity index (χ1v) is 10.4. The first-order valence-electron chi connectivity index (χ1n) is 10.4. The van der Waals surface area contributed by atoms with Crippen LogP contribution in [0.1, 0.15) is 60.4 Å². The van der Waals surface area contributed by atoms with Crippen LogP contribution in [0.3, 0.4) is 0 Å². The van der Waals surface area contributed by atoms with E-state index in [2.05, 4.69) is 73.1 Å². The summed E-state index contributed by atoms with van der Waals surface area (Å²) >= 11 is 0. The maximum absolute atomic E-state index is 4.86. The second-order valence-electron chi connectivity index (χ2n) is 9.25. The molecular weight excluding hydrogens is 358 g/mol. The van der Waals surface area contributed by atoms with Crippen molar-refractivity contribution in [2.45, 2.75) is 66.5 Å². The Hall–Kier alpha value is -2.53. The fourth-order valence-electron chi connectivity index (χ4n) is 4.14. The lowest BCUT2D eigenvalue weighted by Crippen LogP contribution is -2.32. The zero-order chi connectivity index (χ0) is 20.8. The molecule has 0 unspecified atom stereocenters. The van der Waals surface area contributed by atoms with Crippen LogP contribution in [0, 0.1) is 20.8 Å². The Morgan fingerprint density at radius 3 is 2.62 bits per heavy atom. The summed E-state index contributed by atoms with van der Waals surface area (Å²) in [6, 6.07) is 6.42. The number of fused-ring (bicyclic) bond motifs is 1. The SMILES string of the molecule is Cc1cccnc1-n1c(C)cc(CN2CCc3nc(C(C)(C)C)ncc3C2)c1C. The molecule has 29 heavy (non-hydrogen) atoms. The van der Waals surface area contributed by atoms with Crippen LogP contribution in [-0.4, -0.2) is 31.0 Å². The minimum Gasteiger partial charge on any atom is -0.303 e. The van der Waals surface area contributed by atoms with Crippen molar-refractivity contribution in [3.63, 3.8) is 0 Å². The van der Waals surface area contributed by atoms with Gasteiger partial charge in [-0.2, -0.15) is 0 Å². The Kier molecular flexibility index (Phi) is 5.03. The van der Waals surface area contributed by atoms with Crippen LogP contribution in [-0.2, 0) is 24.9 Å². The van der Waals surface area contributed by atoms with E-state index in [0.717, 1.165) is 37.7 Å². The number of pyridine rings is 1. The Balaban J connectivity index is 1.56. The third kappa shape index (κ3) is 3.84. The van der Waals surface area contributed by atoms with E-state index in [-0.39, 0.29) is 5.41 Å². The maximum Gasteiger partial charge on any atom is 0.139 e. The van der Waals surface area contributed by atoms with Crippen LogP contribution in [0.25, 0.3) is 5.82 Å². The van der Waals surface area contributed by atoms with Gasteiger partial charge in [-0.3, -0.25) is 4.90 Å². The number of hydrogen-bond donors (Lipinski definition) is 0. The molecule has 1 aliphatic heterocycles. The molecule has 3 aromatic rings. The summed E-state index contributed by atoms with van der Waals surface area (Å²) in [5, 5.41) is 0. The molecule has 0 amide bonds.